The second-order valence-electron chi connectivity index (χ2n) is 7.05. The molecule has 0 aliphatic carbocycles. The molecule has 0 radical (unpaired) electrons. The van der Waals surface area contributed by atoms with Crippen molar-refractivity contribution in [2.24, 2.45) is 0 Å². The second kappa shape index (κ2) is 8.58. The van der Waals surface area contributed by atoms with Crippen molar-refractivity contribution in [3.63, 3.8) is 0 Å². The topological polar surface area (TPSA) is 45.7 Å². The molecule has 0 spiro atoms. The van der Waals surface area contributed by atoms with Crippen LogP contribution in [0.2, 0.25) is 0 Å². The van der Waals surface area contributed by atoms with Gasteiger partial charge in [-0.1, -0.05) is 12.5 Å². The van der Waals surface area contributed by atoms with Crippen molar-refractivity contribution in [3.05, 3.63) is 30.1 Å². The predicted octanol–water partition coefficient (Wildman–Crippen LogP) is 2.46. The van der Waals surface area contributed by atoms with Crippen LogP contribution in [0.15, 0.2) is 24.5 Å². The zero-order chi connectivity index (χ0) is 16.8. The number of likely N-dealkylation sites (N-methyl/N-ethyl adjacent to an activating group) is 1. The number of rotatable bonds is 5. The maximum Gasteiger partial charge on any atom is 0.239 e. The summed E-state index contributed by atoms with van der Waals surface area (Å²) in [5.41, 5.74) is 1.18. The monoisotopic (exact) mass is 331 g/mol. The summed E-state index contributed by atoms with van der Waals surface area (Å²) in [6.07, 6.45) is 10.6. The number of hydrogen-bond acceptors (Lipinski definition) is 4. The summed E-state index contributed by atoms with van der Waals surface area (Å²) in [7, 11) is 1.93. The van der Waals surface area contributed by atoms with E-state index in [0.29, 0.717) is 0 Å². The van der Waals surface area contributed by atoms with E-state index in [1.165, 1.54) is 18.4 Å². The Hall–Kier alpha value is -1.46. The van der Waals surface area contributed by atoms with Crippen LogP contribution in [0, 0.1) is 0 Å². The SMILES string of the molecule is CN(CC1CCCCO1)C(=O)C1CCCCN1Cc1cccnc1. The molecule has 0 bridgehead atoms. The van der Waals surface area contributed by atoms with E-state index in [-0.39, 0.29) is 18.1 Å². The quantitative estimate of drug-likeness (QED) is 0.831. The molecule has 1 aromatic heterocycles. The third-order valence-electron chi connectivity index (χ3n) is 5.13. The van der Waals surface area contributed by atoms with Gasteiger partial charge in [0, 0.05) is 39.1 Å². The van der Waals surface area contributed by atoms with Crippen molar-refractivity contribution in [2.45, 2.75) is 57.2 Å². The normalized spacial score (nSPS) is 25.4. The zero-order valence-electron chi connectivity index (χ0n) is 14.7. The molecule has 0 saturated carbocycles. The number of aromatic nitrogens is 1. The fourth-order valence-corrected chi connectivity index (χ4v) is 3.79. The molecule has 2 fully saturated rings. The fourth-order valence-electron chi connectivity index (χ4n) is 3.79. The average Bonchev–Trinajstić information content (AvgIpc) is 2.63. The Morgan fingerprint density at radius 3 is 2.96 bits per heavy atom. The van der Waals surface area contributed by atoms with Gasteiger partial charge in [0.05, 0.1) is 12.1 Å². The number of likely N-dealkylation sites (tertiary alicyclic amines) is 1. The molecule has 3 rings (SSSR count). The van der Waals surface area contributed by atoms with E-state index in [2.05, 4.69) is 16.0 Å². The molecule has 24 heavy (non-hydrogen) atoms. The Labute approximate surface area is 145 Å². The molecule has 3 heterocycles. The number of nitrogens with zero attached hydrogens (tertiary/aromatic N) is 3. The zero-order valence-corrected chi connectivity index (χ0v) is 14.7. The van der Waals surface area contributed by atoms with Crippen LogP contribution in [-0.4, -0.2) is 59.6 Å². The summed E-state index contributed by atoms with van der Waals surface area (Å²) in [6, 6.07) is 4.04. The van der Waals surface area contributed by atoms with Crippen molar-refractivity contribution in [1.82, 2.24) is 14.8 Å². The highest BCUT2D eigenvalue weighted by Crippen LogP contribution is 2.22. The number of piperidine rings is 1. The van der Waals surface area contributed by atoms with Crippen LogP contribution < -0.4 is 0 Å². The fraction of sp³-hybridized carbons (Fsp3) is 0.684. The molecule has 2 aliphatic heterocycles. The molecule has 132 valence electrons. The molecule has 0 aromatic carbocycles. The first-order valence-corrected chi connectivity index (χ1v) is 9.23. The van der Waals surface area contributed by atoms with E-state index in [1.54, 1.807) is 6.20 Å². The van der Waals surface area contributed by atoms with Gasteiger partial charge in [-0.15, -0.1) is 0 Å². The van der Waals surface area contributed by atoms with Gasteiger partial charge in [-0.3, -0.25) is 14.7 Å². The van der Waals surface area contributed by atoms with Gasteiger partial charge < -0.3 is 9.64 Å². The van der Waals surface area contributed by atoms with Crippen LogP contribution in [0.3, 0.4) is 0 Å². The molecule has 2 aliphatic rings. The maximum atomic E-state index is 13.0. The molecule has 5 nitrogen and oxygen atoms in total. The number of ether oxygens (including phenoxy) is 1. The average molecular weight is 331 g/mol. The lowest BCUT2D eigenvalue weighted by Crippen LogP contribution is -2.51. The van der Waals surface area contributed by atoms with Crippen LogP contribution in [0.5, 0.6) is 0 Å². The molecule has 2 unspecified atom stereocenters. The lowest BCUT2D eigenvalue weighted by molar-refractivity contribution is -0.139. The van der Waals surface area contributed by atoms with Gasteiger partial charge in [0.15, 0.2) is 0 Å². The van der Waals surface area contributed by atoms with Gasteiger partial charge in [0.25, 0.3) is 0 Å². The van der Waals surface area contributed by atoms with Crippen molar-refractivity contribution < 1.29 is 9.53 Å². The van der Waals surface area contributed by atoms with Crippen LogP contribution in [-0.2, 0) is 16.1 Å². The first kappa shape index (κ1) is 17.4. The third-order valence-corrected chi connectivity index (χ3v) is 5.13. The van der Waals surface area contributed by atoms with E-state index in [4.69, 9.17) is 4.74 Å². The van der Waals surface area contributed by atoms with E-state index >= 15 is 0 Å². The number of carbonyl (C=O) groups excluding carboxylic acids is 1. The van der Waals surface area contributed by atoms with Crippen molar-refractivity contribution >= 4 is 5.91 Å². The summed E-state index contributed by atoms with van der Waals surface area (Å²) in [6.45, 7) is 3.34. The first-order chi connectivity index (χ1) is 11.7. The Bertz CT molecular complexity index is 517. The van der Waals surface area contributed by atoms with Crippen LogP contribution in [0.25, 0.3) is 0 Å². The Morgan fingerprint density at radius 2 is 2.21 bits per heavy atom. The van der Waals surface area contributed by atoms with Crippen LogP contribution in [0.1, 0.15) is 44.1 Å². The highest BCUT2D eigenvalue weighted by molar-refractivity contribution is 5.81. The summed E-state index contributed by atoms with van der Waals surface area (Å²) in [4.78, 5) is 21.4. The maximum absolute atomic E-state index is 13.0. The lowest BCUT2D eigenvalue weighted by atomic mass is 9.99. The van der Waals surface area contributed by atoms with E-state index < -0.39 is 0 Å². The molecule has 2 saturated heterocycles. The third kappa shape index (κ3) is 4.54. The van der Waals surface area contributed by atoms with Gasteiger partial charge >= 0.3 is 0 Å². The Kier molecular flexibility index (Phi) is 6.21. The highest BCUT2D eigenvalue weighted by atomic mass is 16.5. The summed E-state index contributed by atoms with van der Waals surface area (Å²) in [5, 5.41) is 0. The predicted molar refractivity (Wildman–Crippen MR) is 93.5 cm³/mol. The van der Waals surface area contributed by atoms with Gasteiger partial charge in [-0.05, 0) is 50.3 Å². The van der Waals surface area contributed by atoms with Crippen molar-refractivity contribution in [2.75, 3.05) is 26.7 Å². The van der Waals surface area contributed by atoms with Gasteiger partial charge in [-0.25, -0.2) is 0 Å². The number of carbonyl (C=O) groups is 1. The summed E-state index contributed by atoms with van der Waals surface area (Å²) < 4.78 is 5.79. The Balaban J connectivity index is 1.59. The van der Waals surface area contributed by atoms with Gasteiger partial charge in [0.1, 0.15) is 0 Å². The minimum absolute atomic E-state index is 0.00690. The van der Waals surface area contributed by atoms with E-state index in [0.717, 1.165) is 51.9 Å². The Morgan fingerprint density at radius 1 is 1.33 bits per heavy atom. The molecule has 1 aromatic rings. The van der Waals surface area contributed by atoms with Gasteiger partial charge in [-0.2, -0.15) is 0 Å². The largest absolute Gasteiger partial charge is 0.376 e. The van der Waals surface area contributed by atoms with E-state index in [1.807, 2.05) is 24.2 Å². The minimum atomic E-state index is -0.00690. The number of amides is 1. The molecule has 0 N–H and O–H groups in total. The smallest absolute Gasteiger partial charge is 0.239 e. The molecular formula is C19H29N3O2. The lowest BCUT2D eigenvalue weighted by Gasteiger charge is -2.37. The standard InChI is InChI=1S/C19H29N3O2/c1-21(15-17-8-3-5-12-24-17)19(23)18-9-2-4-11-22(18)14-16-7-6-10-20-13-16/h6-7,10,13,17-18H,2-5,8-9,11-12,14-15H2,1H3. The first-order valence-electron chi connectivity index (χ1n) is 9.23. The van der Waals surface area contributed by atoms with Crippen molar-refractivity contribution in [3.8, 4) is 0 Å². The molecule has 1 amide bonds. The molecule has 5 heteroatoms. The minimum Gasteiger partial charge on any atom is -0.376 e. The second-order valence-corrected chi connectivity index (χ2v) is 7.05. The van der Waals surface area contributed by atoms with Crippen LogP contribution >= 0.6 is 0 Å². The summed E-state index contributed by atoms with van der Waals surface area (Å²) in [5.74, 6) is 0.243. The highest BCUT2D eigenvalue weighted by Gasteiger charge is 2.31. The molecule has 2 atom stereocenters. The number of pyridine rings is 1. The van der Waals surface area contributed by atoms with Crippen molar-refractivity contribution in [1.29, 1.82) is 0 Å². The van der Waals surface area contributed by atoms with E-state index in [9.17, 15) is 4.79 Å². The molecular weight excluding hydrogens is 302 g/mol. The van der Waals surface area contributed by atoms with Gasteiger partial charge in [0.2, 0.25) is 5.91 Å². The van der Waals surface area contributed by atoms with Crippen LogP contribution in [0.4, 0.5) is 0 Å². The number of hydrogen-bond donors (Lipinski definition) is 0. The summed E-state index contributed by atoms with van der Waals surface area (Å²) >= 11 is 0.